The minimum absolute atomic E-state index is 0.106. The van der Waals surface area contributed by atoms with Gasteiger partial charge in [-0.15, -0.1) is 0 Å². The summed E-state index contributed by atoms with van der Waals surface area (Å²) in [5.74, 6) is -0.141. The molecule has 0 saturated carbocycles. The predicted octanol–water partition coefficient (Wildman–Crippen LogP) is 0.211. The lowest BCUT2D eigenvalue weighted by molar-refractivity contribution is -0.255. The molecular weight excluding hydrogens is 184 g/mol. The quantitative estimate of drug-likeness (QED) is 0.639. The van der Waals surface area contributed by atoms with E-state index in [2.05, 4.69) is 0 Å². The summed E-state index contributed by atoms with van der Waals surface area (Å²) in [6.07, 6.45) is 0.801. The van der Waals surface area contributed by atoms with Gasteiger partial charge in [0.1, 0.15) is 0 Å². The van der Waals surface area contributed by atoms with Gasteiger partial charge in [-0.1, -0.05) is 0 Å². The van der Waals surface area contributed by atoms with Crippen LogP contribution in [0, 0.1) is 0 Å². The van der Waals surface area contributed by atoms with Crippen molar-refractivity contribution in [2.45, 2.75) is 6.42 Å². The van der Waals surface area contributed by atoms with Gasteiger partial charge >= 0.3 is 0 Å². The van der Waals surface area contributed by atoms with E-state index in [0.29, 0.717) is 24.7 Å². The van der Waals surface area contributed by atoms with E-state index in [-0.39, 0.29) is 5.56 Å². The van der Waals surface area contributed by atoms with Crippen molar-refractivity contribution in [1.82, 2.24) is 0 Å². The van der Waals surface area contributed by atoms with Crippen molar-refractivity contribution in [2.75, 3.05) is 13.2 Å². The Bertz CT molecular complexity index is 359. The maximum Gasteiger partial charge on any atom is 0.161 e. The van der Waals surface area contributed by atoms with Gasteiger partial charge in [-0.2, -0.15) is 0 Å². The zero-order chi connectivity index (χ0) is 9.97. The molecule has 0 aromatic heterocycles. The molecule has 0 spiro atoms. The first-order valence-corrected chi connectivity index (χ1v) is 4.38. The van der Waals surface area contributed by atoms with Crippen molar-refractivity contribution in [3.05, 3.63) is 23.8 Å². The lowest BCUT2D eigenvalue weighted by Gasteiger charge is -2.09. The van der Waals surface area contributed by atoms with Gasteiger partial charge in [-0.3, -0.25) is 0 Å². The van der Waals surface area contributed by atoms with Crippen LogP contribution in [0.15, 0.2) is 18.2 Å². The smallest absolute Gasteiger partial charge is 0.161 e. The van der Waals surface area contributed by atoms with Crippen LogP contribution >= 0.6 is 0 Å². The van der Waals surface area contributed by atoms with Crippen molar-refractivity contribution < 1.29 is 19.4 Å². The second-order valence-corrected chi connectivity index (χ2v) is 3.00. The van der Waals surface area contributed by atoms with E-state index in [4.69, 9.17) is 9.47 Å². The van der Waals surface area contributed by atoms with Crippen molar-refractivity contribution in [1.29, 1.82) is 0 Å². The van der Waals surface area contributed by atoms with Crippen LogP contribution in [0.25, 0.3) is 0 Å². The van der Waals surface area contributed by atoms with E-state index in [1.54, 1.807) is 6.07 Å². The molecule has 74 valence electrons. The molecule has 14 heavy (non-hydrogen) atoms. The molecule has 0 fully saturated rings. The first-order valence-electron chi connectivity index (χ1n) is 4.38. The van der Waals surface area contributed by atoms with Crippen molar-refractivity contribution >= 4 is 5.97 Å². The third-order valence-corrected chi connectivity index (χ3v) is 1.98. The van der Waals surface area contributed by atoms with E-state index in [9.17, 15) is 9.90 Å². The summed E-state index contributed by atoms with van der Waals surface area (Å²) >= 11 is 0. The Balaban J connectivity index is 2.37. The van der Waals surface area contributed by atoms with Crippen LogP contribution < -0.4 is 14.6 Å². The second kappa shape index (κ2) is 3.57. The lowest BCUT2D eigenvalue weighted by Crippen LogP contribution is -2.22. The van der Waals surface area contributed by atoms with Gasteiger partial charge in [0.2, 0.25) is 0 Å². The molecule has 0 atom stereocenters. The molecule has 4 heteroatoms. The molecule has 1 aromatic carbocycles. The SMILES string of the molecule is O=C([O-])c1ccc2c(c1)OCCCO2. The minimum atomic E-state index is -1.21. The number of carboxylic acid groups (broad SMARTS) is 1. The summed E-state index contributed by atoms with van der Waals surface area (Å²) in [5, 5.41) is 10.6. The number of fused-ring (bicyclic) bond motifs is 1. The van der Waals surface area contributed by atoms with Gasteiger partial charge in [0.15, 0.2) is 11.5 Å². The average Bonchev–Trinajstić information content (AvgIpc) is 2.41. The Morgan fingerprint density at radius 1 is 1.21 bits per heavy atom. The monoisotopic (exact) mass is 193 g/mol. The zero-order valence-corrected chi connectivity index (χ0v) is 7.49. The van der Waals surface area contributed by atoms with Crippen molar-refractivity contribution in [3.8, 4) is 11.5 Å². The topological polar surface area (TPSA) is 58.6 Å². The maximum absolute atomic E-state index is 10.6. The number of rotatable bonds is 1. The maximum atomic E-state index is 10.6. The Kier molecular flexibility index (Phi) is 2.26. The molecule has 0 radical (unpaired) electrons. The van der Waals surface area contributed by atoms with E-state index in [1.165, 1.54) is 12.1 Å². The molecule has 2 rings (SSSR count). The van der Waals surface area contributed by atoms with E-state index in [0.717, 1.165) is 6.42 Å². The van der Waals surface area contributed by atoms with E-state index in [1.807, 2.05) is 0 Å². The molecule has 0 aliphatic carbocycles. The number of carbonyl (C=O) groups is 1. The summed E-state index contributed by atoms with van der Waals surface area (Å²) in [6, 6.07) is 4.46. The Morgan fingerprint density at radius 3 is 2.64 bits per heavy atom. The highest BCUT2D eigenvalue weighted by Gasteiger charge is 2.10. The number of hydrogen-bond acceptors (Lipinski definition) is 4. The highest BCUT2D eigenvalue weighted by molar-refractivity contribution is 5.86. The molecule has 0 amide bonds. The molecule has 1 aliphatic rings. The molecule has 0 saturated heterocycles. The van der Waals surface area contributed by atoms with Crippen molar-refractivity contribution in [2.24, 2.45) is 0 Å². The molecule has 0 N–H and O–H groups in total. The van der Waals surface area contributed by atoms with Gasteiger partial charge in [-0.25, -0.2) is 0 Å². The fourth-order valence-electron chi connectivity index (χ4n) is 1.29. The Morgan fingerprint density at radius 2 is 1.93 bits per heavy atom. The number of carbonyl (C=O) groups excluding carboxylic acids is 1. The van der Waals surface area contributed by atoms with Crippen molar-refractivity contribution in [3.63, 3.8) is 0 Å². The van der Waals surface area contributed by atoms with Crippen LogP contribution in [0.5, 0.6) is 11.5 Å². The van der Waals surface area contributed by atoms with Gasteiger partial charge < -0.3 is 19.4 Å². The van der Waals surface area contributed by atoms with E-state index < -0.39 is 5.97 Å². The lowest BCUT2D eigenvalue weighted by atomic mass is 10.2. The third kappa shape index (κ3) is 1.64. The minimum Gasteiger partial charge on any atom is -0.545 e. The number of benzene rings is 1. The Labute approximate surface area is 81.1 Å². The van der Waals surface area contributed by atoms with Crippen LogP contribution in [0.3, 0.4) is 0 Å². The fourth-order valence-corrected chi connectivity index (χ4v) is 1.29. The van der Waals surface area contributed by atoms with Crippen LogP contribution in [-0.4, -0.2) is 19.2 Å². The zero-order valence-electron chi connectivity index (χ0n) is 7.49. The van der Waals surface area contributed by atoms with Crippen LogP contribution in [0.2, 0.25) is 0 Å². The highest BCUT2D eigenvalue weighted by atomic mass is 16.5. The summed E-state index contributed by atoms with van der Waals surface area (Å²) < 4.78 is 10.7. The first kappa shape index (κ1) is 8.87. The first-order chi connectivity index (χ1) is 6.77. The normalized spacial score (nSPS) is 14.6. The molecular formula is C10H9O4-. The Hall–Kier alpha value is -1.71. The van der Waals surface area contributed by atoms with E-state index >= 15 is 0 Å². The van der Waals surface area contributed by atoms with Crippen LogP contribution in [-0.2, 0) is 0 Å². The predicted molar refractivity (Wildman–Crippen MR) is 46.4 cm³/mol. The standard InChI is InChI=1S/C10H10O4/c11-10(12)7-2-3-8-9(6-7)14-5-1-4-13-8/h2-3,6H,1,4-5H2,(H,11,12)/p-1. The number of ether oxygens (including phenoxy) is 2. The molecule has 1 aliphatic heterocycles. The number of hydrogen-bond donors (Lipinski definition) is 0. The molecule has 1 aromatic rings. The van der Waals surface area contributed by atoms with Gasteiger partial charge in [-0.05, 0) is 18.2 Å². The largest absolute Gasteiger partial charge is 0.545 e. The fraction of sp³-hybridized carbons (Fsp3) is 0.300. The van der Waals surface area contributed by atoms with Gasteiger partial charge in [0, 0.05) is 12.0 Å². The van der Waals surface area contributed by atoms with Gasteiger partial charge in [0.25, 0.3) is 0 Å². The second-order valence-electron chi connectivity index (χ2n) is 3.00. The summed E-state index contributed by atoms with van der Waals surface area (Å²) in [7, 11) is 0. The molecule has 0 unspecified atom stereocenters. The molecule has 1 heterocycles. The van der Waals surface area contributed by atoms with Crippen LogP contribution in [0.4, 0.5) is 0 Å². The highest BCUT2D eigenvalue weighted by Crippen LogP contribution is 2.30. The summed E-state index contributed by atoms with van der Waals surface area (Å²) in [4.78, 5) is 10.6. The summed E-state index contributed by atoms with van der Waals surface area (Å²) in [5.41, 5.74) is 0.106. The molecule has 0 bridgehead atoms. The molecule has 4 nitrogen and oxygen atoms in total. The van der Waals surface area contributed by atoms with Gasteiger partial charge in [0.05, 0.1) is 19.2 Å². The van der Waals surface area contributed by atoms with Crippen LogP contribution in [0.1, 0.15) is 16.8 Å². The average molecular weight is 193 g/mol. The summed E-state index contributed by atoms with van der Waals surface area (Å²) in [6.45, 7) is 1.14. The number of aromatic carboxylic acids is 1. The number of carboxylic acids is 1. The third-order valence-electron chi connectivity index (χ3n) is 1.98.